The van der Waals surface area contributed by atoms with Crippen LogP contribution >= 0.6 is 0 Å². The maximum absolute atomic E-state index is 14.2. The van der Waals surface area contributed by atoms with Crippen molar-refractivity contribution in [3.63, 3.8) is 0 Å². The van der Waals surface area contributed by atoms with Gasteiger partial charge in [-0.25, -0.2) is 0 Å². The summed E-state index contributed by atoms with van der Waals surface area (Å²) in [6.07, 6.45) is -3.95. The summed E-state index contributed by atoms with van der Waals surface area (Å²) in [5.74, 6) is -12.6. The number of amides is 8. The molecular weight excluding hydrogens is 855 g/mol. The lowest BCUT2D eigenvalue weighted by molar-refractivity contribution is -0.142. The minimum Gasteiger partial charge on any atom is -0.481 e. The number of guanidine groups is 1. The number of aliphatic hydroxyl groups excluding tert-OH is 1. The fourth-order valence-corrected chi connectivity index (χ4v) is 6.45. The van der Waals surface area contributed by atoms with Gasteiger partial charge in [-0.1, -0.05) is 58.0 Å². The van der Waals surface area contributed by atoms with E-state index in [4.69, 9.17) is 11.5 Å². The van der Waals surface area contributed by atoms with E-state index >= 15 is 0 Å². The van der Waals surface area contributed by atoms with Gasteiger partial charge in [-0.2, -0.15) is 0 Å². The van der Waals surface area contributed by atoms with Crippen molar-refractivity contribution in [2.24, 2.45) is 28.3 Å². The molecule has 24 heteroatoms. The summed E-state index contributed by atoms with van der Waals surface area (Å²) in [4.78, 5) is 138. The van der Waals surface area contributed by atoms with E-state index in [1.807, 2.05) is 0 Å². The summed E-state index contributed by atoms with van der Waals surface area (Å²) < 4.78 is 0. The Hall–Kier alpha value is -6.85. The molecule has 1 saturated heterocycles. The first-order valence-corrected chi connectivity index (χ1v) is 21.1. The van der Waals surface area contributed by atoms with Crippen LogP contribution in [0, 0.1) is 11.8 Å². The molecule has 1 fully saturated rings. The zero-order valence-corrected chi connectivity index (χ0v) is 37.2. The highest BCUT2D eigenvalue weighted by Crippen LogP contribution is 2.12. The number of carbonyl (C=O) groups is 10. The SMILES string of the molecule is CC(C)[C@@H]1NC(=O)[C@H](CCCN=C(N)N)NC(=O)[C@H](Cc2ccccc2)NC(=O)[C@H](C(C)C)NC(=O)[C@H]([C@@H](C)O)NC(=O)[C@H](CCC(=O)O)NC(=O)[C@H](C)NC(=O)[C@H](CC(=O)O)NC1=O. The number of benzene rings is 1. The van der Waals surface area contributed by atoms with Gasteiger partial charge in [0.15, 0.2) is 5.96 Å². The van der Waals surface area contributed by atoms with E-state index in [9.17, 15) is 63.3 Å². The van der Waals surface area contributed by atoms with Gasteiger partial charge >= 0.3 is 11.9 Å². The molecule has 1 aromatic carbocycles. The van der Waals surface area contributed by atoms with Crippen molar-refractivity contribution >= 4 is 65.2 Å². The van der Waals surface area contributed by atoms with Crippen molar-refractivity contribution in [2.45, 2.75) is 135 Å². The summed E-state index contributed by atoms with van der Waals surface area (Å²) in [5.41, 5.74) is 11.5. The number of carbonyl (C=O) groups excluding carboxylic acids is 8. The molecule has 0 aromatic heterocycles. The summed E-state index contributed by atoms with van der Waals surface area (Å²) in [6.45, 7) is 8.54. The van der Waals surface area contributed by atoms with Gasteiger partial charge in [0.05, 0.1) is 12.5 Å². The van der Waals surface area contributed by atoms with Crippen LogP contribution in [0.15, 0.2) is 35.3 Å². The lowest BCUT2D eigenvalue weighted by Gasteiger charge is -2.30. The van der Waals surface area contributed by atoms with Crippen molar-refractivity contribution < 1.29 is 63.3 Å². The smallest absolute Gasteiger partial charge is 0.305 e. The van der Waals surface area contributed by atoms with Gasteiger partial charge in [0.2, 0.25) is 47.3 Å². The van der Waals surface area contributed by atoms with Crippen LogP contribution in [0.3, 0.4) is 0 Å². The van der Waals surface area contributed by atoms with E-state index in [1.54, 1.807) is 58.0 Å². The number of aliphatic imine (C=N–C) groups is 1. The second-order valence-electron chi connectivity index (χ2n) is 16.3. The van der Waals surface area contributed by atoms with Gasteiger partial charge in [0.25, 0.3) is 0 Å². The third kappa shape index (κ3) is 18.4. The molecular formula is C41H63N11O13. The van der Waals surface area contributed by atoms with Crippen molar-refractivity contribution in [1.82, 2.24) is 42.5 Å². The quantitative estimate of drug-likeness (QED) is 0.0484. The molecule has 1 heterocycles. The third-order valence-corrected chi connectivity index (χ3v) is 10.1. The molecule has 360 valence electrons. The Bertz CT molecular complexity index is 1910. The molecule has 15 N–H and O–H groups in total. The van der Waals surface area contributed by atoms with E-state index in [-0.39, 0.29) is 31.8 Å². The molecule has 0 spiro atoms. The normalized spacial score (nSPS) is 25.2. The average molecular weight is 918 g/mol. The molecule has 0 radical (unpaired) electrons. The van der Waals surface area contributed by atoms with E-state index in [2.05, 4.69) is 47.5 Å². The van der Waals surface area contributed by atoms with Gasteiger partial charge in [-0.3, -0.25) is 52.9 Å². The van der Waals surface area contributed by atoms with E-state index in [0.717, 1.165) is 13.8 Å². The number of nitrogens with two attached hydrogens (primary N) is 2. The summed E-state index contributed by atoms with van der Waals surface area (Å²) in [6, 6.07) is -4.04. The van der Waals surface area contributed by atoms with E-state index < -0.39 is 145 Å². The van der Waals surface area contributed by atoms with Crippen LogP contribution < -0.4 is 54.0 Å². The number of carboxylic acids is 2. The fourth-order valence-electron chi connectivity index (χ4n) is 6.45. The van der Waals surface area contributed by atoms with Crippen LogP contribution in [0.5, 0.6) is 0 Å². The zero-order chi connectivity index (χ0) is 49.1. The predicted molar refractivity (Wildman–Crippen MR) is 232 cm³/mol. The Morgan fingerprint density at radius 2 is 1.03 bits per heavy atom. The molecule has 1 aliphatic rings. The largest absolute Gasteiger partial charge is 0.481 e. The molecule has 9 atom stereocenters. The number of nitrogens with zero attached hydrogens (tertiary/aromatic N) is 1. The number of aliphatic hydroxyl groups is 1. The van der Waals surface area contributed by atoms with Crippen molar-refractivity contribution in [3.05, 3.63) is 35.9 Å². The lowest BCUT2D eigenvalue weighted by atomic mass is 9.99. The van der Waals surface area contributed by atoms with Crippen LogP contribution in [0.25, 0.3) is 0 Å². The summed E-state index contributed by atoms with van der Waals surface area (Å²) in [7, 11) is 0. The number of hydrogen-bond acceptors (Lipinski definition) is 12. The maximum atomic E-state index is 14.2. The summed E-state index contributed by atoms with van der Waals surface area (Å²) in [5, 5.41) is 49.1. The molecule has 2 rings (SSSR count). The number of hydrogen-bond donors (Lipinski definition) is 13. The van der Waals surface area contributed by atoms with E-state index in [0.29, 0.717) is 5.56 Å². The highest BCUT2D eigenvalue weighted by molar-refractivity contribution is 5.99. The van der Waals surface area contributed by atoms with Crippen molar-refractivity contribution in [3.8, 4) is 0 Å². The van der Waals surface area contributed by atoms with Gasteiger partial charge in [0.1, 0.15) is 48.3 Å². The number of aliphatic carboxylic acids is 2. The molecule has 65 heavy (non-hydrogen) atoms. The molecule has 24 nitrogen and oxygen atoms in total. The highest BCUT2D eigenvalue weighted by atomic mass is 16.4. The number of rotatable bonds is 14. The fraction of sp³-hybridized carbons (Fsp3) is 0.585. The zero-order valence-electron chi connectivity index (χ0n) is 37.2. The minimum absolute atomic E-state index is 0.0232. The van der Waals surface area contributed by atoms with Crippen molar-refractivity contribution in [1.29, 1.82) is 0 Å². The van der Waals surface area contributed by atoms with Gasteiger partial charge in [-0.05, 0) is 50.5 Å². The first-order valence-electron chi connectivity index (χ1n) is 21.1. The lowest BCUT2D eigenvalue weighted by Crippen LogP contribution is -2.63. The van der Waals surface area contributed by atoms with Gasteiger partial charge in [-0.15, -0.1) is 0 Å². The Labute approximate surface area is 375 Å². The Morgan fingerprint density at radius 1 is 0.585 bits per heavy atom. The molecule has 8 amide bonds. The first-order chi connectivity index (χ1) is 30.4. The third-order valence-electron chi connectivity index (χ3n) is 10.1. The second-order valence-corrected chi connectivity index (χ2v) is 16.3. The predicted octanol–water partition coefficient (Wildman–Crippen LogP) is -3.77. The molecule has 0 bridgehead atoms. The van der Waals surface area contributed by atoms with Crippen LogP contribution in [-0.4, -0.2) is 141 Å². The number of nitrogens with one attached hydrogen (secondary N) is 8. The highest BCUT2D eigenvalue weighted by Gasteiger charge is 2.38. The van der Waals surface area contributed by atoms with Crippen LogP contribution in [0.4, 0.5) is 0 Å². The summed E-state index contributed by atoms with van der Waals surface area (Å²) >= 11 is 0. The van der Waals surface area contributed by atoms with Gasteiger partial charge < -0.3 is 69.3 Å². The average Bonchev–Trinajstić information content (AvgIpc) is 3.21. The number of carboxylic acid groups (broad SMARTS) is 2. The van der Waals surface area contributed by atoms with Crippen LogP contribution in [-0.2, 0) is 54.4 Å². The minimum atomic E-state index is -1.83. The maximum Gasteiger partial charge on any atom is 0.305 e. The molecule has 0 aliphatic carbocycles. The van der Waals surface area contributed by atoms with Crippen LogP contribution in [0.2, 0.25) is 0 Å². The standard InChI is InChI=1S/C41H63N11O13/c1-19(2)30-38(63)49-27(18-29(56)57)36(61)45-21(5)33(58)46-25(14-15-28(54)55)35(60)52-32(22(6)53)40(65)51-31(20(3)4)39(64)48-26(17-23-11-8-7-9-12-23)37(62)47-24(34(59)50-30)13-10-16-44-41(42)43/h7-9,11-12,19-22,24-27,30-32,53H,10,13-18H2,1-6H3,(H,45,61)(H,46,58)(H,47,62)(H,48,64)(H,49,63)(H,50,59)(H,51,65)(H,52,60)(H,54,55)(H,56,57)(H4,42,43,44)/t21-,22+,24-,25-,26-,27-,30-,31-,32-/m0/s1. The Kier molecular flexibility index (Phi) is 21.8. The molecule has 0 saturated carbocycles. The van der Waals surface area contributed by atoms with Gasteiger partial charge in [0, 0.05) is 19.4 Å². The second kappa shape index (κ2) is 26.1. The topological polar surface area (TPSA) is 392 Å². The van der Waals surface area contributed by atoms with E-state index in [1.165, 1.54) is 0 Å². The first kappa shape index (κ1) is 54.3. The Morgan fingerprint density at radius 3 is 1.54 bits per heavy atom. The molecule has 0 unspecified atom stereocenters. The van der Waals surface area contributed by atoms with Crippen molar-refractivity contribution in [2.75, 3.05) is 6.54 Å². The Balaban J connectivity index is 2.77. The monoisotopic (exact) mass is 917 g/mol. The molecule has 1 aromatic rings. The van der Waals surface area contributed by atoms with Crippen LogP contribution in [0.1, 0.15) is 79.2 Å². The molecule has 1 aliphatic heterocycles.